The number of ether oxygens (including phenoxy) is 1. The van der Waals surface area contributed by atoms with E-state index in [4.69, 9.17) is 4.74 Å². The van der Waals surface area contributed by atoms with Gasteiger partial charge in [-0.1, -0.05) is 18.2 Å². The Morgan fingerprint density at radius 1 is 1.25 bits per heavy atom. The highest BCUT2D eigenvalue weighted by Crippen LogP contribution is 2.44. The van der Waals surface area contributed by atoms with Crippen LogP contribution in [0.5, 0.6) is 0 Å². The quantitative estimate of drug-likeness (QED) is 0.512. The van der Waals surface area contributed by atoms with Crippen molar-refractivity contribution in [2.45, 2.75) is 31.0 Å². The van der Waals surface area contributed by atoms with Gasteiger partial charge in [0.25, 0.3) is 5.91 Å². The Labute approximate surface area is 159 Å². The second kappa shape index (κ2) is 5.82. The predicted molar refractivity (Wildman–Crippen MR) is 98.5 cm³/mol. The van der Waals surface area contributed by atoms with E-state index in [2.05, 4.69) is 15.3 Å². The van der Waals surface area contributed by atoms with E-state index in [-0.39, 0.29) is 5.91 Å². The minimum atomic E-state index is -1.66. The topological polar surface area (TPSA) is 130 Å². The van der Waals surface area contributed by atoms with Crippen molar-refractivity contribution in [3.8, 4) is 11.1 Å². The van der Waals surface area contributed by atoms with Gasteiger partial charge in [-0.15, -0.1) is 0 Å². The summed E-state index contributed by atoms with van der Waals surface area (Å²) in [5, 5.41) is 34.1. The molecule has 4 heterocycles. The zero-order valence-corrected chi connectivity index (χ0v) is 14.9. The van der Waals surface area contributed by atoms with E-state index in [9.17, 15) is 20.1 Å². The Bertz CT molecular complexity index is 1110. The highest BCUT2D eigenvalue weighted by molar-refractivity contribution is 6.17. The lowest BCUT2D eigenvalue weighted by molar-refractivity contribution is -0.0948. The fraction of sp³-hybridized carbons (Fsp3) is 0.316. The third-order valence-electron chi connectivity index (χ3n) is 5.49. The van der Waals surface area contributed by atoms with Gasteiger partial charge in [0.05, 0.1) is 12.0 Å². The zero-order valence-electron chi connectivity index (χ0n) is 14.9. The number of hydrogen-bond acceptors (Lipinski definition) is 7. The minimum absolute atomic E-state index is 0.266. The van der Waals surface area contributed by atoms with Crippen LogP contribution in [0.15, 0.2) is 36.8 Å². The smallest absolute Gasteiger partial charge is 0.257 e. The number of carbonyl (C=O) groups is 1. The molecule has 4 atom stereocenters. The van der Waals surface area contributed by atoms with E-state index in [1.807, 2.05) is 12.1 Å². The number of benzene rings is 1. The second-order valence-electron chi connectivity index (χ2n) is 7.25. The van der Waals surface area contributed by atoms with Gasteiger partial charge >= 0.3 is 0 Å². The SMILES string of the molecule is C[C@]1(O)C(n2cc3c4c(ncnc42)NC(=O)c2ccccc2-3)OC(CO)[C@H]1O. The molecular formula is C19H18N4O5. The number of nitrogens with one attached hydrogen (secondary N) is 1. The van der Waals surface area contributed by atoms with Crippen molar-refractivity contribution in [2.24, 2.45) is 0 Å². The van der Waals surface area contributed by atoms with Crippen molar-refractivity contribution in [1.82, 2.24) is 14.5 Å². The first-order valence-electron chi connectivity index (χ1n) is 8.86. The van der Waals surface area contributed by atoms with Gasteiger partial charge in [-0.2, -0.15) is 0 Å². The van der Waals surface area contributed by atoms with Crippen LogP contribution in [0.1, 0.15) is 23.5 Å². The fourth-order valence-electron chi connectivity index (χ4n) is 4.04. The number of carbonyl (C=O) groups excluding carboxylic acids is 1. The fourth-order valence-corrected chi connectivity index (χ4v) is 4.04. The molecular weight excluding hydrogens is 364 g/mol. The standard InChI is InChI=1S/C19H18N4O5/c1-19(27)14(25)12(7-24)28-18(19)23-6-11-9-4-2-3-5-10(9)17(26)22-15-13(11)16(23)21-8-20-15/h2-6,8,12,14,18,24-25,27H,7H2,1H3,(H,20,21,22,26)/t12?,14-,18?,19-/m1/s1. The van der Waals surface area contributed by atoms with Gasteiger partial charge in [-0.3, -0.25) is 4.79 Å². The van der Waals surface area contributed by atoms with Gasteiger partial charge in [0.2, 0.25) is 0 Å². The third-order valence-corrected chi connectivity index (χ3v) is 5.49. The first-order valence-corrected chi connectivity index (χ1v) is 8.86. The number of aliphatic hydroxyl groups is 3. The Morgan fingerprint density at radius 2 is 2.00 bits per heavy atom. The zero-order chi connectivity index (χ0) is 19.6. The van der Waals surface area contributed by atoms with Crippen LogP contribution in [0.25, 0.3) is 22.2 Å². The average molecular weight is 382 g/mol. The number of rotatable bonds is 2. The highest BCUT2D eigenvalue weighted by atomic mass is 16.6. The predicted octanol–water partition coefficient (Wildman–Crippen LogP) is 0.666. The van der Waals surface area contributed by atoms with Crippen LogP contribution in [-0.4, -0.2) is 60.2 Å². The second-order valence-corrected chi connectivity index (χ2v) is 7.25. The van der Waals surface area contributed by atoms with Crippen molar-refractivity contribution in [2.75, 3.05) is 11.9 Å². The molecule has 0 aliphatic carbocycles. The summed E-state index contributed by atoms with van der Waals surface area (Å²) in [6, 6.07) is 7.16. The van der Waals surface area contributed by atoms with Gasteiger partial charge in [-0.25, -0.2) is 9.97 Å². The third kappa shape index (κ3) is 2.18. The van der Waals surface area contributed by atoms with Gasteiger partial charge in [0, 0.05) is 17.3 Å². The molecule has 2 aliphatic rings. The summed E-state index contributed by atoms with van der Waals surface area (Å²) in [4.78, 5) is 21.1. The molecule has 9 nitrogen and oxygen atoms in total. The molecule has 28 heavy (non-hydrogen) atoms. The van der Waals surface area contributed by atoms with Crippen LogP contribution in [0.3, 0.4) is 0 Å². The largest absolute Gasteiger partial charge is 0.394 e. The molecule has 1 fully saturated rings. The van der Waals surface area contributed by atoms with E-state index >= 15 is 0 Å². The summed E-state index contributed by atoms with van der Waals surface area (Å²) >= 11 is 0. The van der Waals surface area contributed by atoms with Crippen LogP contribution in [0.2, 0.25) is 0 Å². The number of hydrogen-bond donors (Lipinski definition) is 4. The van der Waals surface area contributed by atoms with Crippen molar-refractivity contribution < 1.29 is 24.9 Å². The van der Waals surface area contributed by atoms with Crippen LogP contribution >= 0.6 is 0 Å². The Kier molecular flexibility index (Phi) is 3.59. The monoisotopic (exact) mass is 382 g/mol. The molecule has 1 amide bonds. The summed E-state index contributed by atoms with van der Waals surface area (Å²) < 4.78 is 7.37. The molecule has 2 unspecified atom stereocenters. The van der Waals surface area contributed by atoms with Crippen molar-refractivity contribution in [3.63, 3.8) is 0 Å². The van der Waals surface area contributed by atoms with Crippen LogP contribution in [0, 0.1) is 0 Å². The van der Waals surface area contributed by atoms with E-state index in [0.717, 1.165) is 0 Å². The Hall–Kier alpha value is -2.85. The van der Waals surface area contributed by atoms with Crippen LogP contribution < -0.4 is 5.32 Å². The molecule has 2 aliphatic heterocycles. The number of anilines is 1. The number of aliphatic hydroxyl groups excluding tert-OH is 2. The van der Waals surface area contributed by atoms with Crippen molar-refractivity contribution >= 4 is 22.8 Å². The van der Waals surface area contributed by atoms with Gasteiger partial charge in [0.15, 0.2) is 6.23 Å². The lowest BCUT2D eigenvalue weighted by atomic mass is 9.96. The van der Waals surface area contributed by atoms with E-state index in [1.165, 1.54) is 13.3 Å². The van der Waals surface area contributed by atoms with Gasteiger partial charge < -0.3 is 29.9 Å². The molecule has 1 saturated heterocycles. The maximum atomic E-state index is 12.6. The molecule has 4 N–H and O–H groups in total. The lowest BCUT2D eigenvalue weighted by Gasteiger charge is -2.27. The summed E-state index contributed by atoms with van der Waals surface area (Å²) in [5.41, 5.74) is 0.685. The minimum Gasteiger partial charge on any atom is -0.394 e. The van der Waals surface area contributed by atoms with E-state index < -0.39 is 30.6 Å². The Balaban J connectivity index is 1.78. The molecule has 144 valence electrons. The molecule has 5 rings (SSSR count). The van der Waals surface area contributed by atoms with E-state index in [1.54, 1.807) is 22.9 Å². The number of amides is 1. The normalized spacial score (nSPS) is 28.9. The molecule has 1 aromatic carbocycles. The molecule has 0 radical (unpaired) electrons. The molecule has 3 aromatic rings. The summed E-state index contributed by atoms with van der Waals surface area (Å²) in [6.07, 6.45) is -0.140. The summed E-state index contributed by atoms with van der Waals surface area (Å²) in [6.45, 7) is 1.02. The van der Waals surface area contributed by atoms with Gasteiger partial charge in [0.1, 0.15) is 35.6 Å². The molecule has 2 aromatic heterocycles. The highest BCUT2D eigenvalue weighted by Gasteiger charge is 2.53. The maximum Gasteiger partial charge on any atom is 0.257 e. The average Bonchev–Trinajstić information content (AvgIpc) is 3.13. The molecule has 0 saturated carbocycles. The summed E-state index contributed by atoms with van der Waals surface area (Å²) in [5.74, 6) is 0.0927. The maximum absolute atomic E-state index is 12.6. The number of nitrogens with zero attached hydrogens (tertiary/aromatic N) is 3. The van der Waals surface area contributed by atoms with Crippen LogP contribution in [-0.2, 0) is 4.74 Å². The molecule has 9 heteroatoms. The Morgan fingerprint density at radius 3 is 2.71 bits per heavy atom. The van der Waals surface area contributed by atoms with Crippen molar-refractivity contribution in [1.29, 1.82) is 0 Å². The molecule has 0 bridgehead atoms. The van der Waals surface area contributed by atoms with Crippen LogP contribution in [0.4, 0.5) is 5.82 Å². The molecule has 0 spiro atoms. The van der Waals surface area contributed by atoms with Crippen molar-refractivity contribution in [3.05, 3.63) is 42.4 Å². The number of aromatic nitrogens is 3. The first kappa shape index (κ1) is 17.3. The first-order chi connectivity index (χ1) is 13.4. The van der Waals surface area contributed by atoms with E-state index in [0.29, 0.717) is 33.5 Å². The van der Waals surface area contributed by atoms with Gasteiger partial charge in [-0.05, 0) is 18.6 Å². The summed E-state index contributed by atoms with van der Waals surface area (Å²) in [7, 11) is 0. The number of fused-ring (bicyclic) bond motifs is 2. The lowest BCUT2D eigenvalue weighted by Crippen LogP contribution is -2.44.